The summed E-state index contributed by atoms with van der Waals surface area (Å²) in [6, 6.07) is 7.09. The van der Waals surface area contributed by atoms with Gasteiger partial charge in [-0.25, -0.2) is 4.99 Å². The lowest BCUT2D eigenvalue weighted by atomic mass is 10.1. The van der Waals surface area contributed by atoms with Crippen LogP contribution in [0.1, 0.15) is 23.6 Å². The summed E-state index contributed by atoms with van der Waals surface area (Å²) >= 11 is 5.64. The molecule has 0 spiro atoms. The summed E-state index contributed by atoms with van der Waals surface area (Å²) in [7, 11) is 1.92. The molecule has 0 saturated carbocycles. The first-order chi connectivity index (χ1) is 12.1. The van der Waals surface area contributed by atoms with Crippen LogP contribution in [0.2, 0.25) is 5.02 Å². The van der Waals surface area contributed by atoms with Gasteiger partial charge in [0, 0.05) is 13.6 Å². The highest BCUT2D eigenvalue weighted by Crippen LogP contribution is 2.38. The fourth-order valence-corrected chi connectivity index (χ4v) is 2.40. The molecule has 0 aliphatic heterocycles. The van der Waals surface area contributed by atoms with E-state index in [1.165, 1.54) is 12.1 Å². The lowest BCUT2D eigenvalue weighted by Gasteiger charge is -2.14. The van der Waals surface area contributed by atoms with Crippen molar-refractivity contribution in [3.05, 3.63) is 52.0 Å². The molecule has 0 amide bonds. The van der Waals surface area contributed by atoms with Crippen LogP contribution in [0, 0.1) is 13.8 Å². The third-order valence-electron chi connectivity index (χ3n) is 3.86. The molecule has 2 aromatic carbocycles. The molecule has 0 heterocycles. The van der Waals surface area contributed by atoms with Gasteiger partial charge in [0.25, 0.3) is 0 Å². The van der Waals surface area contributed by atoms with Gasteiger partial charge in [-0.05, 0) is 62.2 Å². The Balaban J connectivity index is 2.31. The van der Waals surface area contributed by atoms with E-state index in [-0.39, 0.29) is 10.8 Å². The smallest absolute Gasteiger partial charge is 0.417 e. The summed E-state index contributed by atoms with van der Waals surface area (Å²) in [5.74, 6) is 0.548. The molecule has 2 rings (SSSR count). The zero-order chi connectivity index (χ0) is 19.5. The molecule has 3 nitrogen and oxygen atoms in total. The van der Waals surface area contributed by atoms with Gasteiger partial charge in [-0.1, -0.05) is 11.6 Å². The second kappa shape index (κ2) is 7.99. The molecule has 0 fully saturated rings. The zero-order valence-corrected chi connectivity index (χ0v) is 15.7. The van der Waals surface area contributed by atoms with Gasteiger partial charge in [-0.15, -0.1) is 0 Å². The molecular formula is C19H20ClF3N2O. The zero-order valence-electron chi connectivity index (χ0n) is 15.0. The van der Waals surface area contributed by atoms with Crippen LogP contribution in [0.4, 0.5) is 18.9 Å². The van der Waals surface area contributed by atoms with Crippen molar-refractivity contribution < 1.29 is 17.9 Å². The molecule has 26 heavy (non-hydrogen) atoms. The fourth-order valence-electron chi connectivity index (χ4n) is 2.18. The molecule has 0 aliphatic rings. The number of aliphatic imine (C=N–C) groups is 1. The van der Waals surface area contributed by atoms with Crippen molar-refractivity contribution in [1.82, 2.24) is 4.90 Å². The molecule has 0 unspecified atom stereocenters. The van der Waals surface area contributed by atoms with Gasteiger partial charge in [0.05, 0.1) is 22.6 Å². The number of alkyl halides is 3. The maximum atomic E-state index is 13.0. The predicted octanol–water partition coefficient (Wildman–Crippen LogP) is 6.38. The molecule has 7 heteroatoms. The fraction of sp³-hybridized carbons (Fsp3) is 0.316. The maximum Gasteiger partial charge on any atom is 0.417 e. The monoisotopic (exact) mass is 384 g/mol. The minimum absolute atomic E-state index is 0.0752. The van der Waals surface area contributed by atoms with Gasteiger partial charge in [0.15, 0.2) is 0 Å². The minimum atomic E-state index is -4.54. The van der Waals surface area contributed by atoms with Crippen molar-refractivity contribution in [2.24, 2.45) is 4.99 Å². The Morgan fingerprint density at radius 1 is 1.15 bits per heavy atom. The standard InChI is InChI=1S/C19H20ClF3N2O/c1-5-25(4)11-24-17-8-13(3)18(9-12(17)2)26-14-6-7-16(20)15(10-14)19(21,22)23/h6-11H,5H2,1-4H3/b24-11-. The summed E-state index contributed by atoms with van der Waals surface area (Å²) in [4.78, 5) is 6.36. The van der Waals surface area contributed by atoms with E-state index >= 15 is 0 Å². The topological polar surface area (TPSA) is 24.8 Å². The van der Waals surface area contributed by atoms with Crippen LogP contribution in [0.5, 0.6) is 11.5 Å². The lowest BCUT2D eigenvalue weighted by molar-refractivity contribution is -0.137. The van der Waals surface area contributed by atoms with E-state index in [0.29, 0.717) is 5.75 Å². The average Bonchev–Trinajstić information content (AvgIpc) is 2.56. The molecular weight excluding hydrogens is 365 g/mol. The van der Waals surface area contributed by atoms with Crippen molar-refractivity contribution in [3.63, 3.8) is 0 Å². The van der Waals surface area contributed by atoms with Crippen molar-refractivity contribution in [2.45, 2.75) is 26.9 Å². The van der Waals surface area contributed by atoms with Gasteiger partial charge >= 0.3 is 6.18 Å². The van der Waals surface area contributed by atoms with E-state index < -0.39 is 11.7 Å². The molecule has 0 bridgehead atoms. The molecule has 0 aromatic heterocycles. The first-order valence-corrected chi connectivity index (χ1v) is 8.40. The normalized spacial score (nSPS) is 11.8. The predicted molar refractivity (Wildman–Crippen MR) is 98.9 cm³/mol. The first kappa shape index (κ1) is 20.1. The Hall–Kier alpha value is -2.21. The number of nitrogens with zero attached hydrogens (tertiary/aromatic N) is 2. The second-order valence-corrected chi connectivity index (χ2v) is 6.37. The largest absolute Gasteiger partial charge is 0.457 e. The molecule has 2 aromatic rings. The average molecular weight is 385 g/mol. The van der Waals surface area contributed by atoms with Crippen molar-refractivity contribution in [2.75, 3.05) is 13.6 Å². The van der Waals surface area contributed by atoms with Crippen LogP contribution >= 0.6 is 11.6 Å². The van der Waals surface area contributed by atoms with Crippen molar-refractivity contribution in [1.29, 1.82) is 0 Å². The number of halogens is 4. The van der Waals surface area contributed by atoms with Crippen LogP contribution in [-0.2, 0) is 6.18 Å². The van der Waals surface area contributed by atoms with Crippen LogP contribution in [0.25, 0.3) is 0 Å². The van der Waals surface area contributed by atoms with Crippen LogP contribution < -0.4 is 4.74 Å². The minimum Gasteiger partial charge on any atom is -0.457 e. The van der Waals surface area contributed by atoms with Crippen molar-refractivity contribution >= 4 is 23.6 Å². The van der Waals surface area contributed by atoms with E-state index in [2.05, 4.69) is 4.99 Å². The van der Waals surface area contributed by atoms with E-state index in [9.17, 15) is 13.2 Å². The molecule has 140 valence electrons. The van der Waals surface area contributed by atoms with Gasteiger partial charge in [-0.2, -0.15) is 13.2 Å². The Labute approximate surface area is 156 Å². The van der Waals surface area contributed by atoms with Crippen LogP contribution in [0.15, 0.2) is 35.3 Å². The molecule has 0 saturated heterocycles. The van der Waals surface area contributed by atoms with E-state index in [4.69, 9.17) is 16.3 Å². The summed E-state index contributed by atoms with van der Waals surface area (Å²) in [6.45, 7) is 6.54. The lowest BCUT2D eigenvalue weighted by Crippen LogP contribution is -2.14. The highest BCUT2D eigenvalue weighted by molar-refractivity contribution is 6.31. The van der Waals surface area contributed by atoms with Gasteiger partial charge in [0.2, 0.25) is 0 Å². The molecule has 0 aliphatic carbocycles. The summed E-state index contributed by atoms with van der Waals surface area (Å²) in [5, 5.41) is -0.359. The van der Waals surface area contributed by atoms with E-state index in [1.807, 2.05) is 38.8 Å². The van der Waals surface area contributed by atoms with Gasteiger partial charge in [-0.3, -0.25) is 0 Å². The van der Waals surface area contributed by atoms with Crippen LogP contribution in [0.3, 0.4) is 0 Å². The Bertz CT molecular complexity index is 819. The summed E-state index contributed by atoms with van der Waals surface area (Å²) < 4.78 is 44.6. The van der Waals surface area contributed by atoms with Gasteiger partial charge in [0.1, 0.15) is 11.5 Å². The maximum absolute atomic E-state index is 13.0. The number of ether oxygens (including phenoxy) is 1. The number of benzene rings is 2. The molecule has 0 N–H and O–H groups in total. The second-order valence-electron chi connectivity index (χ2n) is 5.96. The number of hydrogen-bond donors (Lipinski definition) is 0. The van der Waals surface area contributed by atoms with Gasteiger partial charge < -0.3 is 9.64 Å². The summed E-state index contributed by atoms with van der Waals surface area (Å²) in [6.07, 6.45) is -2.80. The highest BCUT2D eigenvalue weighted by atomic mass is 35.5. The number of hydrogen-bond acceptors (Lipinski definition) is 2. The molecule has 0 atom stereocenters. The highest BCUT2D eigenvalue weighted by Gasteiger charge is 2.33. The molecule has 0 radical (unpaired) electrons. The van der Waals surface area contributed by atoms with Crippen LogP contribution in [-0.4, -0.2) is 24.8 Å². The third kappa shape index (κ3) is 4.91. The first-order valence-electron chi connectivity index (χ1n) is 8.02. The van der Waals surface area contributed by atoms with E-state index in [0.717, 1.165) is 29.4 Å². The number of aryl methyl sites for hydroxylation is 2. The Morgan fingerprint density at radius 3 is 2.46 bits per heavy atom. The summed E-state index contributed by atoms with van der Waals surface area (Å²) in [5.41, 5.74) is 1.49. The Kier molecular flexibility index (Phi) is 6.18. The SMILES string of the molecule is CCN(C)/C=N\c1cc(C)c(Oc2ccc(Cl)c(C(F)(F)F)c2)cc1C. The Morgan fingerprint density at radius 2 is 1.85 bits per heavy atom. The van der Waals surface area contributed by atoms with Crippen molar-refractivity contribution in [3.8, 4) is 11.5 Å². The quantitative estimate of drug-likeness (QED) is 0.441. The third-order valence-corrected chi connectivity index (χ3v) is 4.19. The van der Waals surface area contributed by atoms with E-state index in [1.54, 1.807) is 12.4 Å². The number of rotatable bonds is 5.